The second-order valence-electron chi connectivity index (χ2n) is 6.77. The molecule has 0 aliphatic carbocycles. The summed E-state index contributed by atoms with van der Waals surface area (Å²) in [6.45, 7) is 6.43. The predicted octanol–water partition coefficient (Wildman–Crippen LogP) is 0.599. The molecule has 3 aliphatic heterocycles. The molecular formula is C15H25N3O2. The van der Waals surface area contributed by atoms with Gasteiger partial charge in [0.25, 0.3) is 0 Å². The molecule has 3 aliphatic rings. The molecule has 1 N–H and O–H groups in total. The Hall–Kier alpha value is -1.10. The number of fused-ring (bicyclic) bond motifs is 1. The lowest BCUT2D eigenvalue weighted by atomic mass is 9.80. The van der Waals surface area contributed by atoms with Crippen molar-refractivity contribution in [1.82, 2.24) is 15.1 Å². The Morgan fingerprint density at radius 1 is 1.30 bits per heavy atom. The minimum absolute atomic E-state index is 0.0763. The molecule has 112 valence electrons. The van der Waals surface area contributed by atoms with Crippen LogP contribution in [0.25, 0.3) is 0 Å². The zero-order valence-electron chi connectivity index (χ0n) is 12.4. The molecule has 20 heavy (non-hydrogen) atoms. The normalized spacial score (nSPS) is 35.4. The molecule has 5 nitrogen and oxygen atoms in total. The van der Waals surface area contributed by atoms with Gasteiger partial charge in [0.2, 0.25) is 11.8 Å². The van der Waals surface area contributed by atoms with Gasteiger partial charge in [-0.3, -0.25) is 14.5 Å². The van der Waals surface area contributed by atoms with Gasteiger partial charge < -0.3 is 10.2 Å². The Morgan fingerprint density at radius 2 is 2.15 bits per heavy atom. The summed E-state index contributed by atoms with van der Waals surface area (Å²) < 4.78 is 0. The second kappa shape index (κ2) is 5.35. The molecule has 3 fully saturated rings. The first-order chi connectivity index (χ1) is 9.58. The fourth-order valence-electron chi connectivity index (χ4n) is 3.76. The van der Waals surface area contributed by atoms with E-state index < -0.39 is 5.41 Å². The molecule has 3 saturated heterocycles. The second-order valence-corrected chi connectivity index (χ2v) is 6.77. The van der Waals surface area contributed by atoms with Crippen molar-refractivity contribution in [2.24, 2.45) is 5.41 Å². The van der Waals surface area contributed by atoms with Crippen LogP contribution in [0, 0.1) is 5.41 Å². The van der Waals surface area contributed by atoms with Gasteiger partial charge in [-0.2, -0.15) is 0 Å². The van der Waals surface area contributed by atoms with Gasteiger partial charge in [-0.15, -0.1) is 0 Å². The summed E-state index contributed by atoms with van der Waals surface area (Å²) in [4.78, 5) is 28.7. The van der Waals surface area contributed by atoms with E-state index in [4.69, 9.17) is 0 Å². The monoisotopic (exact) mass is 279 g/mol. The van der Waals surface area contributed by atoms with Gasteiger partial charge in [0.15, 0.2) is 0 Å². The standard InChI is InChI=1S/C15H25N3O2/c1-15(6-5-13(19)16-11-15)14(20)18-9-8-17-7-3-2-4-12(17)10-18/h12H,2-11H2,1H3,(H,16,19)/t12-,15-/m1/s1. The van der Waals surface area contributed by atoms with Crippen LogP contribution in [0.3, 0.4) is 0 Å². The SMILES string of the molecule is C[C@@]1(C(=O)N2CCN3CCCC[C@@H]3C2)CCC(=O)NC1. The number of rotatable bonds is 1. The van der Waals surface area contributed by atoms with Crippen LogP contribution in [0.15, 0.2) is 0 Å². The summed E-state index contributed by atoms with van der Waals surface area (Å²) in [7, 11) is 0. The summed E-state index contributed by atoms with van der Waals surface area (Å²) in [5.41, 5.74) is -0.398. The number of nitrogens with zero attached hydrogens (tertiary/aromatic N) is 2. The van der Waals surface area contributed by atoms with E-state index in [0.29, 0.717) is 25.4 Å². The summed E-state index contributed by atoms with van der Waals surface area (Å²) in [6, 6.07) is 0.559. The number of piperidine rings is 2. The van der Waals surface area contributed by atoms with Gasteiger partial charge in [0.1, 0.15) is 0 Å². The van der Waals surface area contributed by atoms with E-state index >= 15 is 0 Å². The summed E-state index contributed by atoms with van der Waals surface area (Å²) in [6.07, 6.45) is 4.97. The van der Waals surface area contributed by atoms with Crippen LogP contribution in [0.4, 0.5) is 0 Å². The average Bonchev–Trinajstić information content (AvgIpc) is 2.49. The Bertz CT molecular complexity index is 400. The van der Waals surface area contributed by atoms with Gasteiger partial charge in [-0.1, -0.05) is 6.42 Å². The lowest BCUT2D eigenvalue weighted by Crippen LogP contribution is -2.60. The van der Waals surface area contributed by atoms with Crippen LogP contribution < -0.4 is 5.32 Å². The molecule has 3 heterocycles. The number of carbonyl (C=O) groups excluding carboxylic acids is 2. The van der Waals surface area contributed by atoms with Crippen LogP contribution in [0.2, 0.25) is 0 Å². The summed E-state index contributed by atoms with van der Waals surface area (Å²) >= 11 is 0. The van der Waals surface area contributed by atoms with Crippen molar-refractivity contribution in [3.63, 3.8) is 0 Å². The molecule has 2 amide bonds. The summed E-state index contributed by atoms with van der Waals surface area (Å²) in [5, 5.41) is 2.85. The maximum absolute atomic E-state index is 12.8. The molecule has 0 unspecified atom stereocenters. The molecule has 0 saturated carbocycles. The fourth-order valence-corrected chi connectivity index (χ4v) is 3.76. The molecule has 0 spiro atoms. The van der Waals surface area contributed by atoms with E-state index in [1.165, 1.54) is 25.8 Å². The third kappa shape index (κ3) is 2.55. The highest BCUT2D eigenvalue weighted by Crippen LogP contribution is 2.30. The molecule has 0 bridgehead atoms. The third-order valence-electron chi connectivity index (χ3n) is 5.22. The van der Waals surface area contributed by atoms with Crippen molar-refractivity contribution in [2.75, 3.05) is 32.7 Å². The van der Waals surface area contributed by atoms with Crippen LogP contribution in [-0.4, -0.2) is 60.4 Å². The fraction of sp³-hybridized carbons (Fsp3) is 0.867. The molecular weight excluding hydrogens is 254 g/mol. The largest absolute Gasteiger partial charge is 0.355 e. The van der Waals surface area contributed by atoms with Crippen LogP contribution in [0.1, 0.15) is 39.0 Å². The molecule has 0 aromatic rings. The highest BCUT2D eigenvalue weighted by molar-refractivity contribution is 5.86. The van der Waals surface area contributed by atoms with Gasteiger partial charge in [-0.05, 0) is 32.7 Å². The van der Waals surface area contributed by atoms with Crippen LogP contribution in [0.5, 0.6) is 0 Å². The number of hydrogen-bond acceptors (Lipinski definition) is 3. The maximum atomic E-state index is 12.8. The molecule has 0 aromatic heterocycles. The zero-order valence-corrected chi connectivity index (χ0v) is 12.4. The quantitative estimate of drug-likeness (QED) is 0.765. The van der Waals surface area contributed by atoms with E-state index in [2.05, 4.69) is 10.2 Å². The minimum Gasteiger partial charge on any atom is -0.355 e. The van der Waals surface area contributed by atoms with E-state index in [-0.39, 0.29) is 11.8 Å². The Balaban J connectivity index is 1.64. The lowest BCUT2D eigenvalue weighted by Gasteiger charge is -2.46. The van der Waals surface area contributed by atoms with E-state index in [0.717, 1.165) is 19.6 Å². The number of hydrogen-bond donors (Lipinski definition) is 1. The smallest absolute Gasteiger partial charge is 0.230 e. The number of carbonyl (C=O) groups is 2. The van der Waals surface area contributed by atoms with E-state index in [9.17, 15) is 9.59 Å². The Labute approximate surface area is 120 Å². The average molecular weight is 279 g/mol. The van der Waals surface area contributed by atoms with E-state index in [1.54, 1.807) is 0 Å². The van der Waals surface area contributed by atoms with Crippen molar-refractivity contribution in [1.29, 1.82) is 0 Å². The van der Waals surface area contributed by atoms with Crippen molar-refractivity contribution in [3.8, 4) is 0 Å². The highest BCUT2D eigenvalue weighted by Gasteiger charge is 2.42. The van der Waals surface area contributed by atoms with Crippen molar-refractivity contribution in [2.45, 2.75) is 45.1 Å². The molecule has 0 aromatic carbocycles. The first-order valence-corrected chi connectivity index (χ1v) is 7.89. The van der Waals surface area contributed by atoms with Gasteiger partial charge in [0, 0.05) is 38.6 Å². The molecule has 5 heteroatoms. The predicted molar refractivity (Wildman–Crippen MR) is 76.1 cm³/mol. The highest BCUT2D eigenvalue weighted by atomic mass is 16.2. The number of amides is 2. The topological polar surface area (TPSA) is 52.7 Å². The molecule has 3 rings (SSSR count). The first kappa shape index (κ1) is 13.9. The van der Waals surface area contributed by atoms with Crippen molar-refractivity contribution >= 4 is 11.8 Å². The van der Waals surface area contributed by atoms with Crippen LogP contribution >= 0.6 is 0 Å². The first-order valence-electron chi connectivity index (χ1n) is 7.89. The summed E-state index contributed by atoms with van der Waals surface area (Å²) in [5.74, 6) is 0.315. The minimum atomic E-state index is -0.398. The lowest BCUT2D eigenvalue weighted by molar-refractivity contribution is -0.147. The van der Waals surface area contributed by atoms with Gasteiger partial charge in [0.05, 0.1) is 5.41 Å². The Morgan fingerprint density at radius 3 is 2.90 bits per heavy atom. The van der Waals surface area contributed by atoms with Crippen molar-refractivity contribution in [3.05, 3.63) is 0 Å². The zero-order chi connectivity index (χ0) is 14.2. The third-order valence-corrected chi connectivity index (χ3v) is 5.22. The molecule has 2 atom stereocenters. The van der Waals surface area contributed by atoms with Crippen LogP contribution in [-0.2, 0) is 9.59 Å². The van der Waals surface area contributed by atoms with Crippen molar-refractivity contribution < 1.29 is 9.59 Å². The van der Waals surface area contributed by atoms with E-state index in [1.807, 2.05) is 11.8 Å². The maximum Gasteiger partial charge on any atom is 0.230 e. The number of piperazine rings is 1. The Kier molecular flexibility index (Phi) is 3.71. The van der Waals surface area contributed by atoms with Gasteiger partial charge >= 0.3 is 0 Å². The van der Waals surface area contributed by atoms with Gasteiger partial charge in [-0.25, -0.2) is 0 Å². The molecule has 0 radical (unpaired) electrons. The number of nitrogens with one attached hydrogen (secondary N) is 1.